The van der Waals surface area contributed by atoms with Crippen molar-refractivity contribution in [2.75, 3.05) is 126 Å². The molecule has 11 atom stereocenters. The number of hydrogen-bond acceptors (Lipinski definition) is 21. The minimum Gasteiger partial charge on any atom is -0.480 e. The number of nitrogens with one attached hydrogen (secondary N) is 7. The number of likely N-dealkylation sites (tertiary alicyclic amines) is 1. The summed E-state index contributed by atoms with van der Waals surface area (Å²) in [6.07, 6.45) is 0.916. The van der Waals surface area contributed by atoms with Gasteiger partial charge in [-0.3, -0.25) is 57.5 Å². The van der Waals surface area contributed by atoms with Crippen molar-refractivity contribution >= 4 is 88.7 Å². The molecule has 584 valence electrons. The molecular formula is C69H116N12O21S. The average Bonchev–Trinajstić information content (AvgIpc) is 1.80. The van der Waals surface area contributed by atoms with Crippen LogP contribution < -0.4 is 48.7 Å². The predicted octanol–water partition coefficient (Wildman–Crippen LogP) is -0.670. The van der Waals surface area contributed by atoms with Crippen LogP contribution in [0.25, 0.3) is 0 Å². The molecule has 2 rings (SSSR count). The van der Waals surface area contributed by atoms with Crippen LogP contribution in [0.4, 0.5) is 0 Å². The first kappa shape index (κ1) is 91.5. The topological polar surface area (TPSA) is 464 Å². The molecule has 0 spiro atoms. The molecule has 0 radical (unpaired) electrons. The van der Waals surface area contributed by atoms with Crippen LogP contribution in [0.1, 0.15) is 118 Å². The second kappa shape index (κ2) is 50.7. The molecule has 13 N–H and O–H groups in total. The van der Waals surface area contributed by atoms with Crippen molar-refractivity contribution in [3.8, 4) is 0 Å². The van der Waals surface area contributed by atoms with Gasteiger partial charge in [-0.1, -0.05) is 91.6 Å². The summed E-state index contributed by atoms with van der Waals surface area (Å²) in [5.74, 6) is -10.2. The van der Waals surface area contributed by atoms with Crippen LogP contribution in [-0.4, -0.2) is 282 Å². The highest BCUT2D eigenvalue weighted by atomic mass is 32.2. The van der Waals surface area contributed by atoms with E-state index in [1.807, 2.05) is 19.9 Å². The van der Waals surface area contributed by atoms with Crippen LogP contribution in [0.15, 0.2) is 30.3 Å². The van der Waals surface area contributed by atoms with Gasteiger partial charge in [0, 0.05) is 79.4 Å². The Hall–Kier alpha value is -7.60. The Balaban J connectivity index is 1.82. The Morgan fingerprint density at radius 1 is 0.631 bits per heavy atom. The number of nitrogens with zero attached hydrogens (tertiary/aromatic N) is 3. The molecule has 1 fully saturated rings. The zero-order valence-electron chi connectivity index (χ0n) is 61.8. The maximum Gasteiger partial charge on any atom is 0.326 e. The SMILES string of the molecule is CC[C@H](C)[C@@H]([C@@H](CC(=O)N1CCC[C@H]1[C@H](OC)[C@@H](C)C(=O)N[C@@H](Cc1ccccc1)C(=O)O)OC)N(C)C(=O)[C@@H](NC(=O)[C@H](C(C)C)N(C)C(=O)CCCCCNC(=O)CC(SCC(NC(=O)CCOCCOCCOCCOCCNC(=O)CNC(=O)CNC(=O)CN)C(N)=O)C(=O)O)C(C)C. The summed E-state index contributed by atoms with van der Waals surface area (Å²) in [7, 11) is 6.08. The van der Waals surface area contributed by atoms with Crippen molar-refractivity contribution in [3.05, 3.63) is 35.9 Å². The Kier molecular flexibility index (Phi) is 45.1. The number of primary amides is 1. The van der Waals surface area contributed by atoms with Gasteiger partial charge in [-0.05, 0) is 49.0 Å². The first-order valence-corrected chi connectivity index (χ1v) is 36.2. The Labute approximate surface area is 609 Å². The van der Waals surface area contributed by atoms with Gasteiger partial charge in [0.05, 0.1) is 109 Å². The highest BCUT2D eigenvalue weighted by Gasteiger charge is 2.44. The van der Waals surface area contributed by atoms with Gasteiger partial charge >= 0.3 is 11.9 Å². The number of thioether (sulfide) groups is 1. The van der Waals surface area contributed by atoms with E-state index in [-0.39, 0.29) is 141 Å². The van der Waals surface area contributed by atoms with E-state index in [0.29, 0.717) is 45.1 Å². The lowest BCUT2D eigenvalue weighted by Crippen LogP contribution is -2.60. The van der Waals surface area contributed by atoms with E-state index in [1.165, 1.54) is 31.1 Å². The van der Waals surface area contributed by atoms with Gasteiger partial charge in [-0.2, -0.15) is 0 Å². The molecule has 1 saturated heterocycles. The third-order valence-electron chi connectivity index (χ3n) is 17.5. The number of ether oxygens (including phenoxy) is 6. The zero-order chi connectivity index (χ0) is 77.1. The minimum absolute atomic E-state index is 0.0191. The average molecular weight is 1480 g/mol. The molecule has 33 nitrogen and oxygen atoms in total. The molecule has 1 aromatic carbocycles. The maximum absolute atomic E-state index is 14.8. The van der Waals surface area contributed by atoms with Crippen LogP contribution in [0.2, 0.25) is 0 Å². The highest BCUT2D eigenvalue weighted by molar-refractivity contribution is 8.00. The number of unbranched alkanes of at least 4 members (excludes halogenated alkanes) is 2. The number of likely N-dealkylation sites (N-methyl/N-ethyl adjacent to an activating group) is 2. The molecule has 1 aromatic rings. The Morgan fingerprint density at radius 2 is 1.22 bits per heavy atom. The van der Waals surface area contributed by atoms with Gasteiger partial charge in [-0.15, -0.1) is 11.8 Å². The lowest BCUT2D eigenvalue weighted by molar-refractivity contribution is -0.149. The number of amides is 11. The first-order valence-electron chi connectivity index (χ1n) is 35.2. The number of carbonyl (C=O) groups excluding carboxylic acids is 11. The van der Waals surface area contributed by atoms with E-state index in [4.69, 9.17) is 39.9 Å². The fourth-order valence-electron chi connectivity index (χ4n) is 11.6. The fraction of sp³-hybridized carbons (Fsp3) is 0.725. The number of hydrogen-bond donors (Lipinski definition) is 11. The third kappa shape index (κ3) is 34.7. The normalized spacial score (nSPS) is 15.7. The molecule has 0 saturated carbocycles. The first-order chi connectivity index (χ1) is 48.9. The van der Waals surface area contributed by atoms with E-state index in [0.717, 1.165) is 17.3 Å². The number of carboxylic acids is 2. The predicted molar refractivity (Wildman–Crippen MR) is 381 cm³/mol. The number of benzene rings is 1. The summed E-state index contributed by atoms with van der Waals surface area (Å²) in [5, 5.41) is 36.6. The second-order valence-corrected chi connectivity index (χ2v) is 27.2. The van der Waals surface area contributed by atoms with Crippen molar-refractivity contribution in [3.63, 3.8) is 0 Å². The summed E-state index contributed by atoms with van der Waals surface area (Å²) in [6.45, 7) is 14.2. The van der Waals surface area contributed by atoms with Crippen molar-refractivity contribution in [1.82, 2.24) is 51.9 Å². The van der Waals surface area contributed by atoms with Crippen LogP contribution in [0.5, 0.6) is 0 Å². The maximum atomic E-state index is 14.8. The van der Waals surface area contributed by atoms with Crippen LogP contribution >= 0.6 is 11.8 Å². The third-order valence-corrected chi connectivity index (χ3v) is 18.8. The van der Waals surface area contributed by atoms with Gasteiger partial charge in [0.1, 0.15) is 29.4 Å². The number of carboxylic acid groups (broad SMARTS) is 2. The summed E-state index contributed by atoms with van der Waals surface area (Å²) >= 11 is 0.767. The number of carbonyl (C=O) groups is 13. The van der Waals surface area contributed by atoms with Gasteiger partial charge in [0.15, 0.2) is 0 Å². The van der Waals surface area contributed by atoms with Crippen molar-refractivity contribution < 1.29 is 101 Å². The summed E-state index contributed by atoms with van der Waals surface area (Å²) < 4.78 is 33.6. The summed E-state index contributed by atoms with van der Waals surface area (Å²) in [5.41, 5.74) is 11.4. The number of rotatable bonds is 55. The largest absolute Gasteiger partial charge is 0.480 e. The molecule has 1 aliphatic heterocycles. The standard InChI is InChI=1S/C69H116N12O21S/c1-12-45(6)62(51(97-10)37-59(88)81-27-19-22-50(81)63(98-11)46(7)65(90)77-48(68(93)94)36-47-20-15-13-16-21-47)80(9)67(92)60(43(2)3)78-66(91)61(44(4)5)79(8)58(87)23-17-14-18-25-72-54(83)38-52(69(95)96)103-42-49(64(71)89)76-53(82)24-28-99-30-32-101-34-35-102-33-31-100-29-26-73-56(85)40-75-57(86)41-74-55(84)39-70/h13,15-16,20-21,43-46,48-52,60-63H,12,14,17-19,22-42,70H2,1-11H3,(H2,71,89)(H,72,83)(H,73,85)(H,74,84)(H,75,86)(H,76,82)(H,77,90)(H,78,91)(H,93,94)(H,95,96)/t45-,46+,48-,49?,50-,51+,52?,60-,61-,62-,63+/m0/s1. The summed E-state index contributed by atoms with van der Waals surface area (Å²) in [4.78, 5) is 172. The number of aliphatic carboxylic acids is 2. The molecular weight excluding hydrogens is 1360 g/mol. The Bertz CT molecular complexity index is 2830. The smallest absolute Gasteiger partial charge is 0.326 e. The quantitative estimate of drug-likeness (QED) is 0.0360. The van der Waals surface area contributed by atoms with Crippen molar-refractivity contribution in [1.29, 1.82) is 0 Å². The number of nitrogens with two attached hydrogens (primary N) is 2. The minimum atomic E-state index is -1.32. The fourth-order valence-corrected chi connectivity index (χ4v) is 12.7. The molecule has 1 aliphatic rings. The second-order valence-electron chi connectivity index (χ2n) is 26.0. The van der Waals surface area contributed by atoms with Gasteiger partial charge in [0.2, 0.25) is 65.0 Å². The lowest BCUT2D eigenvalue weighted by Gasteiger charge is -2.41. The zero-order valence-corrected chi connectivity index (χ0v) is 62.6. The molecule has 2 unspecified atom stereocenters. The van der Waals surface area contributed by atoms with Crippen LogP contribution in [-0.2, 0) is 97.2 Å². The molecule has 0 bridgehead atoms. The van der Waals surface area contributed by atoms with Gasteiger partial charge in [-0.25, -0.2) is 4.79 Å². The van der Waals surface area contributed by atoms with E-state index in [9.17, 15) is 72.5 Å². The van der Waals surface area contributed by atoms with E-state index < -0.39 is 137 Å². The van der Waals surface area contributed by atoms with E-state index in [1.54, 1.807) is 70.8 Å². The van der Waals surface area contributed by atoms with E-state index in [2.05, 4.69) is 37.2 Å². The molecule has 103 heavy (non-hydrogen) atoms. The lowest BCUT2D eigenvalue weighted by atomic mass is 9.89. The van der Waals surface area contributed by atoms with Crippen molar-refractivity contribution in [2.45, 2.75) is 173 Å². The molecule has 1 heterocycles. The van der Waals surface area contributed by atoms with Crippen LogP contribution in [0, 0.1) is 23.7 Å². The van der Waals surface area contributed by atoms with Crippen LogP contribution in [0.3, 0.4) is 0 Å². The van der Waals surface area contributed by atoms with Gasteiger partial charge in [0.25, 0.3) is 0 Å². The monoisotopic (exact) mass is 1480 g/mol. The molecule has 34 heteroatoms. The molecule has 0 aromatic heterocycles. The molecule has 11 amide bonds. The number of methoxy groups -OCH3 is 2. The Morgan fingerprint density at radius 3 is 1.78 bits per heavy atom. The summed E-state index contributed by atoms with van der Waals surface area (Å²) in [6, 6.07) is 3.34. The molecule has 0 aliphatic carbocycles. The van der Waals surface area contributed by atoms with E-state index >= 15 is 0 Å². The van der Waals surface area contributed by atoms with Crippen molar-refractivity contribution in [2.24, 2.45) is 35.1 Å². The highest BCUT2D eigenvalue weighted by Crippen LogP contribution is 2.30. The van der Waals surface area contributed by atoms with Gasteiger partial charge < -0.3 is 102 Å².